The molecule has 0 saturated heterocycles. The van der Waals surface area contributed by atoms with Gasteiger partial charge in [-0.3, -0.25) is 10.1 Å². The minimum Gasteiger partial charge on any atom is -0.747 e. The van der Waals surface area contributed by atoms with E-state index in [1.54, 1.807) is 0 Å². The lowest BCUT2D eigenvalue weighted by molar-refractivity contribution is -0.433. The van der Waals surface area contributed by atoms with E-state index < -0.39 is 68.3 Å². The van der Waals surface area contributed by atoms with E-state index in [-0.39, 0.29) is 0 Å². The highest BCUT2D eigenvalue weighted by Gasteiger charge is 2.59. The normalized spacial score (nSPS) is 21.9. The van der Waals surface area contributed by atoms with Gasteiger partial charge in [0.15, 0.2) is 0 Å². The highest BCUT2D eigenvalue weighted by atomic mass is 32.2. The monoisotopic (exact) mass is 403 g/mol. The Morgan fingerprint density at radius 1 is 0.880 bits per heavy atom. The molecule has 25 heavy (non-hydrogen) atoms. The Balaban J connectivity index is 4.30. The van der Waals surface area contributed by atoms with Crippen LogP contribution in [0.5, 0.6) is 0 Å². The lowest BCUT2D eigenvalue weighted by Crippen LogP contribution is -2.57. The van der Waals surface area contributed by atoms with Crippen molar-refractivity contribution in [3.05, 3.63) is 42.4 Å². The molecule has 0 amide bonds. The van der Waals surface area contributed by atoms with Gasteiger partial charge < -0.3 is 34.7 Å². The molecule has 0 aromatic carbocycles. The van der Waals surface area contributed by atoms with E-state index in [0.29, 0.717) is 7.11 Å². The second-order valence-electron chi connectivity index (χ2n) is 4.25. The molecule has 0 spiro atoms. The SMILES string of the molecule is COC1=C([N+](=O)[O-])C(S(=O)(=O)[O-])C(=[N+]([O-])[O-])C(S(=O)(=O)[O-])C1=[N+]([O-])[O-]. The first-order valence-corrected chi connectivity index (χ1v) is 8.45. The lowest BCUT2D eigenvalue weighted by Gasteiger charge is -2.31. The molecule has 16 nitrogen and oxygen atoms in total. The minimum absolute atomic E-state index is 0.502. The van der Waals surface area contributed by atoms with Gasteiger partial charge in [-0.05, 0) is 0 Å². The van der Waals surface area contributed by atoms with E-state index in [1.165, 1.54) is 0 Å². The van der Waals surface area contributed by atoms with Crippen molar-refractivity contribution in [2.24, 2.45) is 0 Å². The Morgan fingerprint density at radius 2 is 1.32 bits per heavy atom. The van der Waals surface area contributed by atoms with Crippen molar-refractivity contribution >= 4 is 31.7 Å². The Hall–Kier alpha value is -2.70. The molecule has 0 aliphatic heterocycles. The molecular weight excluding hydrogens is 398 g/mol. The number of nitrogens with zero attached hydrogens (tertiary/aromatic N) is 3. The summed E-state index contributed by atoms with van der Waals surface area (Å²) in [5.74, 6) is -1.66. The maximum absolute atomic E-state index is 11.3. The predicted octanol–water partition coefficient (Wildman–Crippen LogP) is -3.14. The van der Waals surface area contributed by atoms with Crippen LogP contribution in [0.25, 0.3) is 0 Å². The van der Waals surface area contributed by atoms with Crippen LogP contribution in [0, 0.1) is 30.9 Å². The molecule has 0 N–H and O–H groups in total. The molecule has 0 fully saturated rings. The fourth-order valence-electron chi connectivity index (χ4n) is 2.11. The highest BCUT2D eigenvalue weighted by molar-refractivity contribution is 7.89. The van der Waals surface area contributed by atoms with E-state index in [4.69, 9.17) is 0 Å². The summed E-state index contributed by atoms with van der Waals surface area (Å²) in [7, 11) is -11.6. The standard InChI is InChI=1S/C7H7N3O13S2/c1-23-5-2(8(11)12)6(24(17,18)19)4(10(15)16)7(25(20,21)22)3(5)9(13)14/h6-7H,1H3,(H2-2,11,12,15,16,17,18,19,20,21,22)/q-2/p-2. The van der Waals surface area contributed by atoms with E-state index in [2.05, 4.69) is 4.74 Å². The van der Waals surface area contributed by atoms with E-state index in [0.717, 1.165) is 0 Å². The second-order valence-corrected chi connectivity index (χ2v) is 7.16. The molecule has 0 aromatic heterocycles. The topological polar surface area (TPSA) is 265 Å². The zero-order valence-corrected chi connectivity index (χ0v) is 13.3. The van der Waals surface area contributed by atoms with Gasteiger partial charge in [-0.1, -0.05) is 0 Å². The number of hydrogen-bond donors (Lipinski definition) is 0. The van der Waals surface area contributed by atoms with Gasteiger partial charge in [0.05, 0.1) is 12.0 Å². The van der Waals surface area contributed by atoms with E-state index >= 15 is 0 Å². The van der Waals surface area contributed by atoms with Crippen LogP contribution in [-0.2, 0) is 25.0 Å². The van der Waals surface area contributed by atoms with Crippen molar-refractivity contribution in [3.63, 3.8) is 0 Å². The Labute approximate surface area is 137 Å². The van der Waals surface area contributed by atoms with Gasteiger partial charge in [-0.2, -0.15) is 9.80 Å². The molecule has 0 heterocycles. The van der Waals surface area contributed by atoms with Crippen molar-refractivity contribution in [2.75, 3.05) is 7.11 Å². The Kier molecular flexibility index (Phi) is 5.13. The van der Waals surface area contributed by atoms with Crippen LogP contribution >= 0.6 is 0 Å². The third kappa shape index (κ3) is 3.55. The van der Waals surface area contributed by atoms with Crippen molar-refractivity contribution in [3.8, 4) is 0 Å². The van der Waals surface area contributed by atoms with Gasteiger partial charge in [0.25, 0.3) is 11.5 Å². The molecule has 0 aromatic rings. The fourth-order valence-corrected chi connectivity index (χ4v) is 4.17. The predicted molar refractivity (Wildman–Crippen MR) is 72.0 cm³/mol. The zero-order valence-electron chi connectivity index (χ0n) is 11.6. The van der Waals surface area contributed by atoms with Crippen LogP contribution in [-0.4, -0.2) is 69.7 Å². The van der Waals surface area contributed by atoms with Crippen molar-refractivity contribution in [2.45, 2.75) is 10.5 Å². The van der Waals surface area contributed by atoms with Crippen LogP contribution in [0.4, 0.5) is 0 Å². The van der Waals surface area contributed by atoms with Crippen molar-refractivity contribution < 1.29 is 45.4 Å². The molecule has 142 valence electrons. The molecule has 18 heteroatoms. The third-order valence-electron chi connectivity index (χ3n) is 2.88. The van der Waals surface area contributed by atoms with Gasteiger partial charge in [-0.15, -0.1) is 0 Å². The lowest BCUT2D eigenvalue weighted by atomic mass is 9.97. The average molecular weight is 403 g/mol. The molecule has 2 unspecified atom stereocenters. The molecule has 2 atom stereocenters. The molecule has 0 bridgehead atoms. The van der Waals surface area contributed by atoms with Gasteiger partial charge in [0.1, 0.15) is 20.2 Å². The van der Waals surface area contributed by atoms with E-state index in [1.807, 2.05) is 0 Å². The van der Waals surface area contributed by atoms with Crippen molar-refractivity contribution in [1.29, 1.82) is 0 Å². The molecule has 0 radical (unpaired) electrons. The van der Waals surface area contributed by atoms with Crippen LogP contribution < -0.4 is 0 Å². The van der Waals surface area contributed by atoms with Crippen LogP contribution in [0.3, 0.4) is 0 Å². The molecule has 1 aliphatic rings. The first kappa shape index (κ1) is 20.3. The van der Waals surface area contributed by atoms with Gasteiger partial charge in [0, 0.05) is 0 Å². The quantitative estimate of drug-likeness (QED) is 0.194. The summed E-state index contributed by atoms with van der Waals surface area (Å²) in [6, 6.07) is 0. The zero-order chi connectivity index (χ0) is 19.9. The minimum atomic E-state index is -6.05. The number of ether oxygens (including phenoxy) is 1. The summed E-state index contributed by atoms with van der Waals surface area (Å²) in [5, 5.41) is 48.4. The maximum atomic E-state index is 11.3. The van der Waals surface area contributed by atoms with Crippen LogP contribution in [0.2, 0.25) is 0 Å². The largest absolute Gasteiger partial charge is 0.747 e. The Morgan fingerprint density at radius 3 is 1.56 bits per heavy atom. The summed E-state index contributed by atoms with van der Waals surface area (Å²) in [4.78, 5) is 5.77. The summed E-state index contributed by atoms with van der Waals surface area (Å²) < 4.78 is 71.9. The number of allylic oxidation sites excluding steroid dienone is 1. The third-order valence-corrected chi connectivity index (χ3v) is 4.97. The van der Waals surface area contributed by atoms with Crippen LogP contribution in [0.15, 0.2) is 11.5 Å². The summed E-state index contributed by atoms with van der Waals surface area (Å²) in [6.07, 6.45) is 0. The highest BCUT2D eigenvalue weighted by Crippen LogP contribution is 2.30. The summed E-state index contributed by atoms with van der Waals surface area (Å²) in [6.45, 7) is 0. The number of methoxy groups -OCH3 is 1. The smallest absolute Gasteiger partial charge is 0.321 e. The number of hydrogen-bond acceptors (Lipinski definition) is 13. The van der Waals surface area contributed by atoms with Gasteiger partial charge in [0.2, 0.25) is 16.2 Å². The van der Waals surface area contributed by atoms with Crippen molar-refractivity contribution in [1.82, 2.24) is 0 Å². The average Bonchev–Trinajstić information content (AvgIpc) is 2.41. The number of nitro groups is 1. The second kappa shape index (κ2) is 6.31. The van der Waals surface area contributed by atoms with Gasteiger partial charge in [-0.25, -0.2) is 16.8 Å². The van der Waals surface area contributed by atoms with Crippen LogP contribution in [0.1, 0.15) is 0 Å². The summed E-state index contributed by atoms with van der Waals surface area (Å²) in [5.41, 5.74) is -6.14. The fraction of sp³-hybridized carbons (Fsp3) is 0.429. The summed E-state index contributed by atoms with van der Waals surface area (Å²) >= 11 is 0. The van der Waals surface area contributed by atoms with Gasteiger partial charge >= 0.3 is 5.70 Å². The molecule has 0 saturated carbocycles. The molecule has 1 aliphatic carbocycles. The van der Waals surface area contributed by atoms with E-state index in [9.17, 15) is 56.9 Å². The first-order valence-electron chi connectivity index (χ1n) is 5.50. The first-order chi connectivity index (χ1) is 11.2. The molecule has 1 rings (SSSR count). The Bertz CT molecular complexity index is 903. The molecular formula is C7H5N3O13S2-4. The number of rotatable bonds is 4. The maximum Gasteiger partial charge on any atom is 0.321 e.